The third kappa shape index (κ3) is 3.23. The Labute approximate surface area is 167 Å². The molecule has 0 bridgehead atoms. The van der Waals surface area contributed by atoms with Gasteiger partial charge in [0.25, 0.3) is 0 Å². The van der Waals surface area contributed by atoms with Gasteiger partial charge in [0.2, 0.25) is 0 Å². The van der Waals surface area contributed by atoms with Crippen LogP contribution in [0.1, 0.15) is 24.5 Å². The monoisotopic (exact) mass is 397 g/mol. The van der Waals surface area contributed by atoms with Crippen LogP contribution in [-0.2, 0) is 25.7 Å². The molecule has 9 nitrogen and oxygen atoms in total. The zero-order valence-corrected chi connectivity index (χ0v) is 15.9. The summed E-state index contributed by atoms with van der Waals surface area (Å²) in [5.41, 5.74) is 2.48. The number of aliphatic hydroxyl groups excluding tert-OH is 1. The summed E-state index contributed by atoms with van der Waals surface area (Å²) in [6, 6.07) is 7.13. The van der Waals surface area contributed by atoms with Gasteiger partial charge in [-0.25, -0.2) is 4.79 Å². The summed E-state index contributed by atoms with van der Waals surface area (Å²) in [4.78, 5) is 44.2. The van der Waals surface area contributed by atoms with Gasteiger partial charge in [0, 0.05) is 0 Å². The van der Waals surface area contributed by atoms with E-state index in [2.05, 4.69) is 12.7 Å². The van der Waals surface area contributed by atoms with E-state index in [0.29, 0.717) is 31.7 Å². The minimum atomic E-state index is -0.805. The number of fused-ring (bicyclic) bond motifs is 1. The van der Waals surface area contributed by atoms with Gasteiger partial charge in [-0.05, 0) is 0 Å². The average Bonchev–Trinajstić information content (AvgIpc) is 3.23. The van der Waals surface area contributed by atoms with Crippen LogP contribution in [-0.4, -0.2) is 65.8 Å². The standard InChI is InChI=1S/C19H20BN3O6/c1-10(24)15-14-8-13(16(18(26)29-21-20)23(14)17(15)25)12-4-2-11(3-5-12)9-22-6-7-28-19(22)27/h2-5,10,14-15,20,24H,6-9H2,1H3/t10-,14-,15-/m1/s1. The molecule has 3 aliphatic heterocycles. The van der Waals surface area contributed by atoms with E-state index in [9.17, 15) is 19.5 Å². The number of amides is 2. The Bertz CT molecular complexity index is 913. The maximum absolute atomic E-state index is 12.5. The molecule has 4 rings (SSSR count). The molecule has 1 aromatic rings. The van der Waals surface area contributed by atoms with E-state index in [1.807, 2.05) is 24.3 Å². The first-order valence-electron chi connectivity index (χ1n) is 9.35. The van der Waals surface area contributed by atoms with Crippen molar-refractivity contribution in [2.75, 3.05) is 13.2 Å². The summed E-state index contributed by atoms with van der Waals surface area (Å²) in [5.74, 6) is -1.61. The topological polar surface area (TPSA) is 109 Å². The number of rotatable bonds is 6. The predicted molar refractivity (Wildman–Crippen MR) is 101 cm³/mol. The number of carbonyl (C=O) groups is 3. The third-order valence-electron chi connectivity index (χ3n) is 5.59. The molecule has 3 aliphatic rings. The van der Waals surface area contributed by atoms with Crippen molar-refractivity contribution >= 4 is 31.2 Å². The molecule has 0 aromatic heterocycles. The van der Waals surface area contributed by atoms with Gasteiger partial charge in [-0.1, -0.05) is 0 Å². The normalized spacial score (nSPS) is 24.2. The number of benzene rings is 1. The molecular weight excluding hydrogens is 377 g/mol. The molecule has 0 unspecified atom stereocenters. The van der Waals surface area contributed by atoms with E-state index >= 15 is 0 Å². The van der Waals surface area contributed by atoms with Crippen LogP contribution in [0.2, 0.25) is 0 Å². The van der Waals surface area contributed by atoms with Crippen molar-refractivity contribution in [2.45, 2.75) is 32.0 Å². The van der Waals surface area contributed by atoms with Crippen LogP contribution < -0.4 is 0 Å². The van der Waals surface area contributed by atoms with Crippen LogP contribution in [0.3, 0.4) is 0 Å². The van der Waals surface area contributed by atoms with Gasteiger partial charge in [-0.2, -0.15) is 0 Å². The van der Waals surface area contributed by atoms with E-state index in [1.54, 1.807) is 11.8 Å². The van der Waals surface area contributed by atoms with Crippen molar-refractivity contribution in [2.24, 2.45) is 11.0 Å². The molecule has 1 aromatic carbocycles. The molecule has 3 heterocycles. The van der Waals surface area contributed by atoms with Crippen molar-refractivity contribution in [3.05, 3.63) is 41.1 Å². The van der Waals surface area contributed by atoms with Gasteiger partial charge in [0.05, 0.1) is 0 Å². The van der Waals surface area contributed by atoms with Crippen molar-refractivity contribution in [1.29, 1.82) is 0 Å². The Hall–Kier alpha value is -3.01. The molecule has 2 amide bonds. The molecule has 0 radical (unpaired) electrons. The quantitative estimate of drug-likeness (QED) is 0.426. The molecule has 10 heteroatoms. The van der Waals surface area contributed by atoms with E-state index < -0.39 is 18.0 Å². The second-order valence-electron chi connectivity index (χ2n) is 7.31. The summed E-state index contributed by atoms with van der Waals surface area (Å²) < 4.78 is 4.93. The van der Waals surface area contributed by atoms with E-state index in [0.717, 1.165) is 11.1 Å². The van der Waals surface area contributed by atoms with Crippen LogP contribution in [0.15, 0.2) is 35.0 Å². The number of nitrogens with zero attached hydrogens (tertiary/aromatic N) is 3. The van der Waals surface area contributed by atoms with Crippen LogP contribution in [0, 0.1) is 5.92 Å². The van der Waals surface area contributed by atoms with Gasteiger partial charge >= 0.3 is 151 Å². The predicted octanol–water partition coefficient (Wildman–Crippen LogP) is 0.504. The first-order chi connectivity index (χ1) is 13.9. The Balaban J connectivity index is 1.61. The Kier molecular flexibility index (Phi) is 4.95. The van der Waals surface area contributed by atoms with E-state index in [1.165, 1.54) is 4.90 Å². The number of carbonyl (C=O) groups excluding carboxylic acids is 3. The summed E-state index contributed by atoms with van der Waals surface area (Å²) >= 11 is 0. The van der Waals surface area contributed by atoms with E-state index in [4.69, 9.17) is 9.57 Å². The molecule has 150 valence electrons. The summed E-state index contributed by atoms with van der Waals surface area (Å²) in [5, 5.41) is 13.1. The summed E-state index contributed by atoms with van der Waals surface area (Å²) in [7, 11) is 3.16. The fourth-order valence-corrected chi connectivity index (χ4v) is 4.22. The van der Waals surface area contributed by atoms with Gasteiger partial charge in [0.15, 0.2) is 0 Å². The molecule has 29 heavy (non-hydrogen) atoms. The van der Waals surface area contributed by atoms with Crippen LogP contribution in [0.5, 0.6) is 0 Å². The van der Waals surface area contributed by atoms with Crippen LogP contribution >= 0.6 is 0 Å². The first-order valence-corrected chi connectivity index (χ1v) is 9.35. The van der Waals surface area contributed by atoms with Crippen LogP contribution in [0.4, 0.5) is 4.79 Å². The number of hydrogen-bond donors (Lipinski definition) is 1. The Morgan fingerprint density at radius 1 is 1.38 bits per heavy atom. The number of hydrogen-bond acceptors (Lipinski definition) is 7. The number of aliphatic hydroxyl groups is 1. The van der Waals surface area contributed by atoms with E-state index in [-0.39, 0.29) is 23.7 Å². The molecule has 3 atom stereocenters. The molecule has 0 saturated carbocycles. The zero-order chi connectivity index (χ0) is 20.7. The molecule has 0 aliphatic carbocycles. The van der Waals surface area contributed by atoms with Gasteiger partial charge in [-0.15, -0.1) is 0 Å². The van der Waals surface area contributed by atoms with Gasteiger partial charge in [0.1, 0.15) is 6.61 Å². The summed E-state index contributed by atoms with van der Waals surface area (Å²) in [6.07, 6.45) is -0.706. The van der Waals surface area contributed by atoms with Crippen molar-refractivity contribution < 1.29 is 29.1 Å². The van der Waals surface area contributed by atoms with Gasteiger partial charge in [-0.3, -0.25) is 0 Å². The zero-order valence-electron chi connectivity index (χ0n) is 15.9. The SMILES string of the molecule is B=NOC(=O)C1=C(c2ccc(CN3CCOC3=O)cc2)C[C@@H]2[C@@H]([C@@H](C)O)C(=O)N12. The third-order valence-corrected chi connectivity index (χ3v) is 5.59. The molecular formula is C19H20BN3O6. The first kappa shape index (κ1) is 19.3. The fraction of sp³-hybridized carbons (Fsp3) is 0.421. The summed E-state index contributed by atoms with van der Waals surface area (Å²) in [6.45, 7) is 2.95. The molecule has 0 spiro atoms. The van der Waals surface area contributed by atoms with Crippen molar-refractivity contribution in [3.8, 4) is 0 Å². The molecule has 1 N–H and O–H groups in total. The van der Waals surface area contributed by atoms with Crippen molar-refractivity contribution in [1.82, 2.24) is 9.80 Å². The Morgan fingerprint density at radius 3 is 2.69 bits per heavy atom. The maximum atomic E-state index is 12.5. The molecule has 2 fully saturated rings. The molecule has 2 saturated heterocycles. The number of β-lactam (4-membered cyclic amide) rings is 1. The second-order valence-corrected chi connectivity index (χ2v) is 7.31. The Morgan fingerprint density at radius 2 is 2.10 bits per heavy atom. The fourth-order valence-electron chi connectivity index (χ4n) is 4.22. The second kappa shape index (κ2) is 7.44. The van der Waals surface area contributed by atoms with Crippen LogP contribution in [0.25, 0.3) is 5.57 Å². The van der Waals surface area contributed by atoms with Gasteiger partial charge < -0.3 is 4.74 Å². The number of cyclic esters (lactones) is 1. The average molecular weight is 397 g/mol. The minimum absolute atomic E-state index is 0.139. The number of ether oxygens (including phenoxy) is 1. The van der Waals surface area contributed by atoms with Crippen molar-refractivity contribution in [3.63, 3.8) is 0 Å².